The van der Waals surface area contributed by atoms with Crippen molar-refractivity contribution in [2.24, 2.45) is 5.92 Å². The molecule has 0 N–H and O–H groups in total. The molecule has 0 rings (SSSR count). The summed E-state index contributed by atoms with van der Waals surface area (Å²) < 4.78 is 0.378. The maximum absolute atomic E-state index is 3.79. The number of hydrogen-bond acceptors (Lipinski definition) is 0. The molecule has 0 aliphatic carbocycles. The molecule has 0 radical (unpaired) electrons. The minimum absolute atomic E-state index is 0.378. The van der Waals surface area contributed by atoms with Crippen LogP contribution < -0.4 is 0 Å². The SMILES string of the molecule is CCCC(CC)CC(C)(Br)CC. The standard InChI is InChI=1S/C11H23Br/c1-5-8-10(6-2)9-11(4,12)7-3/h10H,5-9H2,1-4H3. The first kappa shape index (κ1) is 12.5. The minimum Gasteiger partial charge on any atom is -0.0856 e. The molecule has 0 saturated carbocycles. The Morgan fingerprint density at radius 2 is 1.83 bits per heavy atom. The fraction of sp³-hybridized carbons (Fsp3) is 1.00. The van der Waals surface area contributed by atoms with E-state index in [4.69, 9.17) is 0 Å². The lowest BCUT2D eigenvalue weighted by atomic mass is 9.89. The van der Waals surface area contributed by atoms with E-state index in [9.17, 15) is 0 Å². The highest BCUT2D eigenvalue weighted by Gasteiger charge is 2.21. The van der Waals surface area contributed by atoms with Crippen molar-refractivity contribution in [2.75, 3.05) is 0 Å². The molecule has 0 nitrogen and oxygen atoms in total. The van der Waals surface area contributed by atoms with E-state index in [-0.39, 0.29) is 0 Å². The third-order valence-electron chi connectivity index (χ3n) is 2.73. The molecule has 0 spiro atoms. The molecule has 1 heteroatoms. The molecule has 0 aliphatic rings. The van der Waals surface area contributed by atoms with Crippen LogP contribution in [-0.4, -0.2) is 4.32 Å². The molecule has 2 atom stereocenters. The molecule has 12 heavy (non-hydrogen) atoms. The van der Waals surface area contributed by atoms with Gasteiger partial charge in [-0.1, -0.05) is 56.0 Å². The average Bonchev–Trinajstić information content (AvgIpc) is 2.03. The molecule has 0 saturated heterocycles. The predicted molar refractivity (Wildman–Crippen MR) is 60.9 cm³/mol. The molecular weight excluding hydrogens is 212 g/mol. The Morgan fingerprint density at radius 1 is 1.25 bits per heavy atom. The van der Waals surface area contributed by atoms with E-state index < -0.39 is 0 Å². The summed E-state index contributed by atoms with van der Waals surface area (Å²) in [6.45, 7) is 9.15. The molecule has 0 bridgehead atoms. The monoisotopic (exact) mass is 234 g/mol. The van der Waals surface area contributed by atoms with Gasteiger partial charge in [0, 0.05) is 4.32 Å². The van der Waals surface area contributed by atoms with E-state index in [1.165, 1.54) is 32.1 Å². The van der Waals surface area contributed by atoms with Crippen LogP contribution in [0.2, 0.25) is 0 Å². The molecule has 0 fully saturated rings. The van der Waals surface area contributed by atoms with Crippen molar-refractivity contribution in [3.05, 3.63) is 0 Å². The van der Waals surface area contributed by atoms with Crippen molar-refractivity contribution in [3.63, 3.8) is 0 Å². The highest BCUT2D eigenvalue weighted by molar-refractivity contribution is 9.10. The van der Waals surface area contributed by atoms with Crippen LogP contribution in [0.4, 0.5) is 0 Å². The highest BCUT2D eigenvalue weighted by atomic mass is 79.9. The molecule has 0 aliphatic heterocycles. The first-order valence-electron chi connectivity index (χ1n) is 5.24. The van der Waals surface area contributed by atoms with Crippen molar-refractivity contribution in [3.8, 4) is 0 Å². The predicted octanol–water partition coefficient (Wildman–Crippen LogP) is 4.77. The van der Waals surface area contributed by atoms with E-state index in [0.29, 0.717) is 4.32 Å². The number of rotatable bonds is 6. The van der Waals surface area contributed by atoms with Gasteiger partial charge in [0.1, 0.15) is 0 Å². The molecule has 2 unspecified atom stereocenters. The summed E-state index contributed by atoms with van der Waals surface area (Å²) in [6.07, 6.45) is 6.60. The third kappa shape index (κ3) is 5.18. The van der Waals surface area contributed by atoms with Gasteiger partial charge in [0.2, 0.25) is 0 Å². The van der Waals surface area contributed by atoms with Crippen LogP contribution in [0.25, 0.3) is 0 Å². The maximum atomic E-state index is 3.79. The van der Waals surface area contributed by atoms with E-state index in [1.54, 1.807) is 0 Å². The molecular formula is C11H23Br. The second-order valence-corrected chi connectivity index (χ2v) is 5.95. The van der Waals surface area contributed by atoms with Gasteiger partial charge in [0.15, 0.2) is 0 Å². The van der Waals surface area contributed by atoms with Crippen LogP contribution in [0.1, 0.15) is 59.8 Å². The highest BCUT2D eigenvalue weighted by Crippen LogP contribution is 2.32. The summed E-state index contributed by atoms with van der Waals surface area (Å²) in [7, 11) is 0. The topological polar surface area (TPSA) is 0 Å². The minimum atomic E-state index is 0.378. The quantitative estimate of drug-likeness (QED) is 0.582. The van der Waals surface area contributed by atoms with Gasteiger partial charge in [-0.3, -0.25) is 0 Å². The van der Waals surface area contributed by atoms with Gasteiger partial charge < -0.3 is 0 Å². The fourth-order valence-corrected chi connectivity index (χ4v) is 2.06. The second kappa shape index (κ2) is 6.01. The summed E-state index contributed by atoms with van der Waals surface area (Å²) in [6, 6.07) is 0. The lowest BCUT2D eigenvalue weighted by Crippen LogP contribution is -2.19. The summed E-state index contributed by atoms with van der Waals surface area (Å²) in [5, 5.41) is 0. The molecule has 0 aromatic carbocycles. The van der Waals surface area contributed by atoms with Crippen LogP contribution in [0.3, 0.4) is 0 Å². The zero-order chi connectivity index (χ0) is 9.61. The molecule has 0 aromatic rings. The first-order valence-corrected chi connectivity index (χ1v) is 6.04. The largest absolute Gasteiger partial charge is 0.0856 e. The third-order valence-corrected chi connectivity index (χ3v) is 3.61. The van der Waals surface area contributed by atoms with Crippen LogP contribution in [0, 0.1) is 5.92 Å². The Balaban J connectivity index is 3.83. The van der Waals surface area contributed by atoms with E-state index in [1.807, 2.05) is 0 Å². The lowest BCUT2D eigenvalue weighted by molar-refractivity contribution is 0.380. The molecule has 0 aromatic heterocycles. The summed E-state index contributed by atoms with van der Waals surface area (Å²) in [5.41, 5.74) is 0. The fourth-order valence-electron chi connectivity index (χ4n) is 1.61. The van der Waals surface area contributed by atoms with Gasteiger partial charge in [-0.05, 0) is 25.7 Å². The van der Waals surface area contributed by atoms with Crippen molar-refractivity contribution < 1.29 is 0 Å². The van der Waals surface area contributed by atoms with Crippen LogP contribution in [0.5, 0.6) is 0 Å². The Bertz CT molecular complexity index is 108. The number of alkyl halides is 1. The van der Waals surface area contributed by atoms with Gasteiger partial charge in [-0.15, -0.1) is 0 Å². The Hall–Kier alpha value is 0.480. The molecule has 0 amide bonds. The Morgan fingerprint density at radius 3 is 2.17 bits per heavy atom. The van der Waals surface area contributed by atoms with Gasteiger partial charge >= 0.3 is 0 Å². The molecule has 74 valence electrons. The maximum Gasteiger partial charge on any atom is 0.0229 e. The smallest absolute Gasteiger partial charge is 0.0229 e. The van der Waals surface area contributed by atoms with Crippen molar-refractivity contribution in [1.29, 1.82) is 0 Å². The van der Waals surface area contributed by atoms with Gasteiger partial charge in [0.05, 0.1) is 0 Å². The summed E-state index contributed by atoms with van der Waals surface area (Å²) in [5.74, 6) is 0.916. The van der Waals surface area contributed by atoms with E-state index >= 15 is 0 Å². The van der Waals surface area contributed by atoms with Crippen LogP contribution in [-0.2, 0) is 0 Å². The average molecular weight is 235 g/mol. The summed E-state index contributed by atoms with van der Waals surface area (Å²) in [4.78, 5) is 0. The first-order chi connectivity index (χ1) is 5.55. The Kier molecular flexibility index (Phi) is 6.25. The van der Waals surface area contributed by atoms with Gasteiger partial charge in [-0.25, -0.2) is 0 Å². The zero-order valence-electron chi connectivity index (χ0n) is 8.99. The lowest BCUT2D eigenvalue weighted by Gasteiger charge is -2.26. The van der Waals surface area contributed by atoms with Crippen molar-refractivity contribution in [1.82, 2.24) is 0 Å². The van der Waals surface area contributed by atoms with Gasteiger partial charge in [0.25, 0.3) is 0 Å². The van der Waals surface area contributed by atoms with E-state index in [2.05, 4.69) is 43.6 Å². The van der Waals surface area contributed by atoms with Crippen LogP contribution in [0.15, 0.2) is 0 Å². The normalized spacial score (nSPS) is 18.8. The van der Waals surface area contributed by atoms with Crippen molar-refractivity contribution >= 4 is 15.9 Å². The second-order valence-electron chi connectivity index (χ2n) is 4.03. The Labute approximate surface area is 86.3 Å². The zero-order valence-corrected chi connectivity index (χ0v) is 10.6. The number of hydrogen-bond donors (Lipinski definition) is 0. The summed E-state index contributed by atoms with van der Waals surface area (Å²) >= 11 is 3.79. The number of halogens is 1. The van der Waals surface area contributed by atoms with Gasteiger partial charge in [-0.2, -0.15) is 0 Å². The molecule has 0 heterocycles. The van der Waals surface area contributed by atoms with E-state index in [0.717, 1.165) is 5.92 Å². The van der Waals surface area contributed by atoms with Crippen LogP contribution >= 0.6 is 15.9 Å². The van der Waals surface area contributed by atoms with Crippen molar-refractivity contribution in [2.45, 2.75) is 64.1 Å².